The lowest BCUT2D eigenvalue weighted by Crippen LogP contribution is -2.28. The minimum Gasteiger partial charge on any atom is -0.308 e. The molecule has 90 valence electrons. The Hall–Kier alpha value is -0.960. The van der Waals surface area contributed by atoms with E-state index in [9.17, 15) is 4.39 Å². The van der Waals surface area contributed by atoms with Gasteiger partial charge in [0.15, 0.2) is 0 Å². The van der Waals surface area contributed by atoms with Crippen molar-refractivity contribution in [2.45, 2.75) is 39.7 Å². The number of nitrogens with zero attached hydrogens (tertiary/aromatic N) is 1. The highest BCUT2D eigenvalue weighted by Gasteiger charge is 2.18. The molecule has 2 atom stereocenters. The average molecular weight is 224 g/mol. The van der Waals surface area contributed by atoms with Gasteiger partial charge in [0, 0.05) is 0 Å². The molecule has 0 aliphatic heterocycles. The molecule has 3 heteroatoms. The van der Waals surface area contributed by atoms with Crippen LogP contribution >= 0.6 is 0 Å². The normalized spacial score (nSPS) is 14.8. The SMILES string of the molecule is CCCNC(c1ccc(F)cn1)C(C)CC. The molecule has 0 bridgehead atoms. The van der Waals surface area contributed by atoms with E-state index in [1.807, 2.05) is 0 Å². The summed E-state index contributed by atoms with van der Waals surface area (Å²) >= 11 is 0. The van der Waals surface area contributed by atoms with E-state index in [4.69, 9.17) is 0 Å². The van der Waals surface area contributed by atoms with Gasteiger partial charge in [-0.25, -0.2) is 4.39 Å². The summed E-state index contributed by atoms with van der Waals surface area (Å²) in [5.41, 5.74) is 0.934. The molecule has 2 nitrogen and oxygen atoms in total. The van der Waals surface area contributed by atoms with Crippen LogP contribution in [0.1, 0.15) is 45.3 Å². The Kier molecular flexibility index (Phi) is 5.39. The van der Waals surface area contributed by atoms with Crippen molar-refractivity contribution in [1.82, 2.24) is 10.3 Å². The smallest absolute Gasteiger partial charge is 0.141 e. The fourth-order valence-electron chi connectivity index (χ4n) is 1.70. The van der Waals surface area contributed by atoms with Crippen molar-refractivity contribution in [2.24, 2.45) is 5.92 Å². The van der Waals surface area contributed by atoms with Crippen LogP contribution in [-0.2, 0) is 0 Å². The Morgan fingerprint density at radius 2 is 2.12 bits per heavy atom. The van der Waals surface area contributed by atoms with Gasteiger partial charge in [0.1, 0.15) is 5.82 Å². The molecule has 1 N–H and O–H groups in total. The predicted molar refractivity (Wildman–Crippen MR) is 64.7 cm³/mol. The summed E-state index contributed by atoms with van der Waals surface area (Å²) in [5.74, 6) is 0.228. The first-order valence-corrected chi connectivity index (χ1v) is 6.03. The Balaban J connectivity index is 2.78. The van der Waals surface area contributed by atoms with Gasteiger partial charge in [0.05, 0.1) is 17.9 Å². The van der Waals surface area contributed by atoms with Crippen molar-refractivity contribution in [3.8, 4) is 0 Å². The molecule has 0 aromatic carbocycles. The topological polar surface area (TPSA) is 24.9 Å². The van der Waals surface area contributed by atoms with Crippen molar-refractivity contribution < 1.29 is 4.39 Å². The fraction of sp³-hybridized carbons (Fsp3) is 0.615. The molecule has 0 radical (unpaired) electrons. The van der Waals surface area contributed by atoms with Crippen LogP contribution in [0, 0.1) is 11.7 Å². The van der Waals surface area contributed by atoms with Gasteiger partial charge in [-0.2, -0.15) is 0 Å². The molecule has 1 heterocycles. The summed E-state index contributed by atoms with van der Waals surface area (Å²) in [4.78, 5) is 4.16. The van der Waals surface area contributed by atoms with E-state index in [2.05, 4.69) is 31.1 Å². The van der Waals surface area contributed by atoms with Gasteiger partial charge in [-0.15, -0.1) is 0 Å². The van der Waals surface area contributed by atoms with Crippen molar-refractivity contribution in [1.29, 1.82) is 0 Å². The molecule has 0 spiro atoms. The van der Waals surface area contributed by atoms with E-state index < -0.39 is 0 Å². The largest absolute Gasteiger partial charge is 0.308 e. The van der Waals surface area contributed by atoms with Crippen LogP contribution in [0.2, 0.25) is 0 Å². The maximum atomic E-state index is 12.8. The molecule has 0 aliphatic carbocycles. The number of nitrogens with one attached hydrogen (secondary N) is 1. The van der Waals surface area contributed by atoms with Crippen molar-refractivity contribution in [3.63, 3.8) is 0 Å². The summed E-state index contributed by atoms with van der Waals surface area (Å²) in [6.07, 6.45) is 3.47. The summed E-state index contributed by atoms with van der Waals surface area (Å²) < 4.78 is 12.8. The summed E-state index contributed by atoms with van der Waals surface area (Å²) in [6.45, 7) is 7.46. The first kappa shape index (κ1) is 13.1. The van der Waals surface area contributed by atoms with Crippen LogP contribution < -0.4 is 5.32 Å². The van der Waals surface area contributed by atoms with Crippen LogP contribution in [0.5, 0.6) is 0 Å². The Morgan fingerprint density at radius 1 is 1.38 bits per heavy atom. The second kappa shape index (κ2) is 6.59. The summed E-state index contributed by atoms with van der Waals surface area (Å²) in [5, 5.41) is 3.47. The minimum absolute atomic E-state index is 0.227. The fourth-order valence-corrected chi connectivity index (χ4v) is 1.70. The summed E-state index contributed by atoms with van der Waals surface area (Å²) in [7, 11) is 0. The molecule has 1 aromatic rings. The van der Waals surface area contributed by atoms with Crippen LogP contribution in [0.25, 0.3) is 0 Å². The third kappa shape index (κ3) is 3.56. The molecule has 0 fully saturated rings. The van der Waals surface area contributed by atoms with E-state index in [1.54, 1.807) is 6.07 Å². The Morgan fingerprint density at radius 3 is 2.62 bits per heavy atom. The van der Waals surface area contributed by atoms with Crippen LogP contribution in [-0.4, -0.2) is 11.5 Å². The van der Waals surface area contributed by atoms with Gasteiger partial charge in [0.2, 0.25) is 0 Å². The Bertz CT molecular complexity index is 297. The maximum Gasteiger partial charge on any atom is 0.141 e. The maximum absolute atomic E-state index is 12.8. The quantitative estimate of drug-likeness (QED) is 0.802. The van der Waals surface area contributed by atoms with Crippen LogP contribution in [0.15, 0.2) is 18.3 Å². The van der Waals surface area contributed by atoms with Crippen LogP contribution in [0.3, 0.4) is 0 Å². The van der Waals surface area contributed by atoms with E-state index >= 15 is 0 Å². The molecule has 2 unspecified atom stereocenters. The highest BCUT2D eigenvalue weighted by Crippen LogP contribution is 2.22. The zero-order chi connectivity index (χ0) is 12.0. The molecule has 0 aliphatic rings. The number of hydrogen-bond acceptors (Lipinski definition) is 2. The lowest BCUT2D eigenvalue weighted by molar-refractivity contribution is 0.369. The van der Waals surface area contributed by atoms with Gasteiger partial charge in [0.25, 0.3) is 0 Å². The standard InChI is InChI=1S/C13H21FN2/c1-4-8-15-13(10(3)5-2)12-7-6-11(14)9-16-12/h6-7,9-10,13,15H,4-5,8H2,1-3H3. The average Bonchev–Trinajstić information content (AvgIpc) is 2.31. The zero-order valence-corrected chi connectivity index (χ0v) is 10.3. The van der Waals surface area contributed by atoms with Crippen molar-refractivity contribution in [3.05, 3.63) is 29.8 Å². The first-order chi connectivity index (χ1) is 7.69. The second-order valence-corrected chi connectivity index (χ2v) is 4.22. The van der Waals surface area contributed by atoms with Crippen LogP contribution in [0.4, 0.5) is 4.39 Å². The third-order valence-corrected chi connectivity index (χ3v) is 2.90. The van der Waals surface area contributed by atoms with E-state index in [1.165, 1.54) is 12.3 Å². The minimum atomic E-state index is -0.276. The van der Waals surface area contributed by atoms with Gasteiger partial charge in [-0.3, -0.25) is 4.98 Å². The molecule has 1 aromatic heterocycles. The zero-order valence-electron chi connectivity index (χ0n) is 10.3. The molecular formula is C13H21FN2. The molecule has 0 amide bonds. The van der Waals surface area contributed by atoms with Gasteiger partial charge >= 0.3 is 0 Å². The van der Waals surface area contributed by atoms with E-state index in [0.717, 1.165) is 25.1 Å². The van der Waals surface area contributed by atoms with Crippen molar-refractivity contribution >= 4 is 0 Å². The molecule has 0 saturated heterocycles. The van der Waals surface area contributed by atoms with Gasteiger partial charge in [-0.1, -0.05) is 27.2 Å². The number of hydrogen-bond donors (Lipinski definition) is 1. The van der Waals surface area contributed by atoms with Gasteiger partial charge < -0.3 is 5.32 Å². The van der Waals surface area contributed by atoms with E-state index in [-0.39, 0.29) is 11.9 Å². The number of pyridine rings is 1. The van der Waals surface area contributed by atoms with E-state index in [0.29, 0.717) is 5.92 Å². The lowest BCUT2D eigenvalue weighted by Gasteiger charge is -2.23. The van der Waals surface area contributed by atoms with Gasteiger partial charge in [-0.05, 0) is 31.0 Å². The lowest BCUT2D eigenvalue weighted by atomic mass is 9.96. The molecule has 16 heavy (non-hydrogen) atoms. The predicted octanol–water partition coefficient (Wildman–Crippen LogP) is 3.31. The monoisotopic (exact) mass is 224 g/mol. The number of rotatable bonds is 6. The third-order valence-electron chi connectivity index (χ3n) is 2.90. The highest BCUT2D eigenvalue weighted by molar-refractivity contribution is 5.10. The number of aromatic nitrogens is 1. The highest BCUT2D eigenvalue weighted by atomic mass is 19.1. The molecule has 1 rings (SSSR count). The summed E-state index contributed by atoms with van der Waals surface area (Å²) in [6, 6.07) is 3.48. The first-order valence-electron chi connectivity index (χ1n) is 6.03. The molecular weight excluding hydrogens is 203 g/mol. The number of halogens is 1. The second-order valence-electron chi connectivity index (χ2n) is 4.22. The van der Waals surface area contributed by atoms with Crippen molar-refractivity contribution in [2.75, 3.05) is 6.54 Å². The Labute approximate surface area is 97.3 Å². The molecule has 0 saturated carbocycles.